The van der Waals surface area contributed by atoms with Crippen molar-refractivity contribution in [3.63, 3.8) is 0 Å². The molecule has 0 spiro atoms. The van der Waals surface area contributed by atoms with Crippen LogP contribution in [-0.2, 0) is 27.4 Å². The van der Waals surface area contributed by atoms with E-state index in [1.54, 1.807) is 7.11 Å². The second kappa shape index (κ2) is 9.84. The number of carbonyl (C=O) groups is 1. The fraction of sp³-hybridized carbons (Fsp3) is 0.350. The molecule has 30 heavy (non-hydrogen) atoms. The van der Waals surface area contributed by atoms with Crippen LogP contribution in [-0.4, -0.2) is 40.8 Å². The van der Waals surface area contributed by atoms with Crippen LogP contribution in [0.1, 0.15) is 17.5 Å². The van der Waals surface area contributed by atoms with Crippen molar-refractivity contribution in [2.24, 2.45) is 0 Å². The van der Waals surface area contributed by atoms with E-state index < -0.39 is 34.2 Å². The number of ether oxygens (including phenoxy) is 1. The lowest BCUT2D eigenvalue weighted by Gasteiger charge is -2.22. The maximum atomic E-state index is 12.9. The number of nitrogens with zero attached hydrogens (tertiary/aromatic N) is 1. The second-order valence-corrected chi connectivity index (χ2v) is 8.49. The standard InChI is InChI=1S/C20H23F3N2O4S/c1-29-18-11-4-3-7-15(18)8-6-12-24-19(26)14-25(30(2,27)28)17-10-5-9-16(13-17)20(21,22)23/h3-5,7,9-11,13H,6,8,12,14H2,1-2H3,(H,24,26). The minimum Gasteiger partial charge on any atom is -0.496 e. The van der Waals surface area contributed by atoms with E-state index in [-0.39, 0.29) is 12.2 Å². The van der Waals surface area contributed by atoms with Gasteiger partial charge in [-0.3, -0.25) is 9.10 Å². The molecule has 6 nitrogen and oxygen atoms in total. The molecule has 164 valence electrons. The monoisotopic (exact) mass is 444 g/mol. The average Bonchev–Trinajstić information content (AvgIpc) is 2.68. The first kappa shape index (κ1) is 23.5. The molecule has 0 unspecified atom stereocenters. The van der Waals surface area contributed by atoms with Gasteiger partial charge in [-0.15, -0.1) is 0 Å². The molecule has 0 heterocycles. The second-order valence-electron chi connectivity index (χ2n) is 6.58. The predicted molar refractivity (Wildman–Crippen MR) is 108 cm³/mol. The van der Waals surface area contributed by atoms with Crippen LogP contribution >= 0.6 is 0 Å². The molecule has 0 fully saturated rings. The maximum Gasteiger partial charge on any atom is 0.416 e. The number of sulfonamides is 1. The summed E-state index contributed by atoms with van der Waals surface area (Å²) in [5.74, 6) is 0.120. The number of amides is 1. The van der Waals surface area contributed by atoms with E-state index in [0.29, 0.717) is 23.2 Å². The van der Waals surface area contributed by atoms with Crippen LogP contribution in [0.15, 0.2) is 48.5 Å². The number of aryl methyl sites for hydroxylation is 1. The van der Waals surface area contributed by atoms with Crippen LogP contribution in [0.4, 0.5) is 18.9 Å². The Balaban J connectivity index is 2.00. The van der Waals surface area contributed by atoms with Gasteiger partial charge in [0.15, 0.2) is 0 Å². The first-order valence-corrected chi connectivity index (χ1v) is 10.9. The van der Waals surface area contributed by atoms with Crippen LogP contribution in [0.5, 0.6) is 5.75 Å². The summed E-state index contributed by atoms with van der Waals surface area (Å²) >= 11 is 0. The van der Waals surface area contributed by atoms with Crippen molar-refractivity contribution in [3.05, 3.63) is 59.7 Å². The van der Waals surface area contributed by atoms with Crippen molar-refractivity contribution in [1.82, 2.24) is 5.32 Å². The van der Waals surface area contributed by atoms with Gasteiger partial charge >= 0.3 is 6.18 Å². The molecule has 0 radical (unpaired) electrons. The summed E-state index contributed by atoms with van der Waals surface area (Å²) in [4.78, 5) is 12.2. The van der Waals surface area contributed by atoms with Crippen LogP contribution in [0, 0.1) is 0 Å². The summed E-state index contributed by atoms with van der Waals surface area (Å²) in [6.07, 6.45) is -2.58. The highest BCUT2D eigenvalue weighted by atomic mass is 32.2. The number of halogens is 3. The molecular formula is C20H23F3N2O4S. The van der Waals surface area contributed by atoms with E-state index in [1.165, 1.54) is 6.07 Å². The minimum absolute atomic E-state index is 0.225. The van der Waals surface area contributed by atoms with Crippen molar-refractivity contribution >= 4 is 21.6 Å². The third-order valence-corrected chi connectivity index (χ3v) is 5.43. The van der Waals surface area contributed by atoms with Gasteiger partial charge in [-0.2, -0.15) is 13.2 Å². The maximum absolute atomic E-state index is 12.9. The molecular weight excluding hydrogens is 421 g/mol. The number of carbonyl (C=O) groups excluding carboxylic acids is 1. The quantitative estimate of drug-likeness (QED) is 0.603. The van der Waals surface area contributed by atoms with Crippen molar-refractivity contribution in [3.8, 4) is 5.75 Å². The van der Waals surface area contributed by atoms with Gasteiger partial charge in [-0.25, -0.2) is 8.42 Å². The van der Waals surface area contributed by atoms with E-state index >= 15 is 0 Å². The number of hydrogen-bond donors (Lipinski definition) is 1. The number of alkyl halides is 3. The number of rotatable bonds is 9. The van der Waals surface area contributed by atoms with Crippen LogP contribution in [0.2, 0.25) is 0 Å². The zero-order chi connectivity index (χ0) is 22.4. The molecule has 0 aliphatic rings. The first-order chi connectivity index (χ1) is 14.0. The van der Waals surface area contributed by atoms with Crippen molar-refractivity contribution in [2.45, 2.75) is 19.0 Å². The highest BCUT2D eigenvalue weighted by molar-refractivity contribution is 7.92. The number of benzene rings is 2. The van der Waals surface area contributed by atoms with Gasteiger partial charge in [-0.1, -0.05) is 24.3 Å². The molecule has 2 aromatic rings. The minimum atomic E-state index is -4.63. The third kappa shape index (κ3) is 6.65. The van der Waals surface area contributed by atoms with Gasteiger partial charge in [-0.05, 0) is 42.7 Å². The van der Waals surface area contributed by atoms with Gasteiger partial charge in [0.2, 0.25) is 15.9 Å². The fourth-order valence-electron chi connectivity index (χ4n) is 2.84. The van der Waals surface area contributed by atoms with Gasteiger partial charge in [0.25, 0.3) is 0 Å². The molecule has 0 atom stereocenters. The Morgan fingerprint density at radius 3 is 2.47 bits per heavy atom. The molecule has 10 heteroatoms. The van der Waals surface area contributed by atoms with Crippen LogP contribution < -0.4 is 14.4 Å². The SMILES string of the molecule is COc1ccccc1CCCNC(=O)CN(c1cccc(C(F)(F)F)c1)S(C)(=O)=O. The Hall–Kier alpha value is -2.75. The van der Waals surface area contributed by atoms with E-state index in [4.69, 9.17) is 4.74 Å². The summed E-state index contributed by atoms with van der Waals surface area (Å²) in [5, 5.41) is 2.60. The Labute approximate surface area is 173 Å². The molecule has 0 aliphatic heterocycles. The third-order valence-electron chi connectivity index (χ3n) is 4.29. The summed E-state index contributed by atoms with van der Waals surface area (Å²) in [6, 6.07) is 11.3. The molecule has 1 N–H and O–H groups in total. The van der Waals surface area contributed by atoms with E-state index in [2.05, 4.69) is 5.32 Å². The molecule has 2 aromatic carbocycles. The fourth-order valence-corrected chi connectivity index (χ4v) is 3.69. The van der Waals surface area contributed by atoms with Crippen molar-refractivity contribution in [1.29, 1.82) is 0 Å². The lowest BCUT2D eigenvalue weighted by Crippen LogP contribution is -2.40. The zero-order valence-corrected chi connectivity index (χ0v) is 17.4. The first-order valence-electron chi connectivity index (χ1n) is 9.06. The Bertz CT molecular complexity index is 978. The highest BCUT2D eigenvalue weighted by Crippen LogP contribution is 2.32. The molecule has 0 saturated heterocycles. The molecule has 0 aliphatic carbocycles. The normalized spacial score (nSPS) is 11.8. The lowest BCUT2D eigenvalue weighted by atomic mass is 10.1. The highest BCUT2D eigenvalue weighted by Gasteiger charge is 2.31. The zero-order valence-electron chi connectivity index (χ0n) is 16.6. The van der Waals surface area contributed by atoms with Crippen LogP contribution in [0.3, 0.4) is 0 Å². The number of methoxy groups -OCH3 is 1. The summed E-state index contributed by atoms with van der Waals surface area (Å²) in [7, 11) is -2.41. The van der Waals surface area contributed by atoms with Gasteiger partial charge < -0.3 is 10.1 Å². The van der Waals surface area contributed by atoms with E-state index in [0.717, 1.165) is 29.7 Å². The molecule has 2 rings (SSSR count). The summed E-state index contributed by atoms with van der Waals surface area (Å²) in [5.41, 5.74) is -0.252. The topological polar surface area (TPSA) is 75.7 Å². The Kier molecular flexibility index (Phi) is 7.71. The summed E-state index contributed by atoms with van der Waals surface area (Å²) in [6.45, 7) is -0.341. The Morgan fingerprint density at radius 2 is 1.83 bits per heavy atom. The number of nitrogens with one attached hydrogen (secondary N) is 1. The van der Waals surface area contributed by atoms with E-state index in [9.17, 15) is 26.4 Å². The lowest BCUT2D eigenvalue weighted by molar-refractivity contribution is -0.137. The van der Waals surface area contributed by atoms with Gasteiger partial charge in [0.05, 0.1) is 24.6 Å². The van der Waals surface area contributed by atoms with Gasteiger partial charge in [0.1, 0.15) is 12.3 Å². The largest absolute Gasteiger partial charge is 0.496 e. The molecule has 0 bridgehead atoms. The number of para-hydroxylation sites is 1. The smallest absolute Gasteiger partial charge is 0.416 e. The van der Waals surface area contributed by atoms with Crippen molar-refractivity contribution in [2.75, 3.05) is 30.8 Å². The van der Waals surface area contributed by atoms with Crippen molar-refractivity contribution < 1.29 is 31.1 Å². The number of anilines is 1. The van der Waals surface area contributed by atoms with Crippen LogP contribution in [0.25, 0.3) is 0 Å². The van der Waals surface area contributed by atoms with E-state index in [1.807, 2.05) is 24.3 Å². The molecule has 0 aromatic heterocycles. The molecule has 1 amide bonds. The van der Waals surface area contributed by atoms with Gasteiger partial charge in [0, 0.05) is 6.54 Å². The molecule has 0 saturated carbocycles. The number of hydrogen-bond acceptors (Lipinski definition) is 4. The predicted octanol–water partition coefficient (Wildman–Crippen LogP) is 3.23. The summed E-state index contributed by atoms with van der Waals surface area (Å²) < 4.78 is 68.8. The average molecular weight is 444 g/mol. The Morgan fingerprint density at radius 1 is 1.13 bits per heavy atom.